The molecule has 0 bridgehead atoms. The number of nitrogen functional groups attached to an aromatic ring is 1. The third-order valence-corrected chi connectivity index (χ3v) is 5.49. The normalized spacial score (nSPS) is 11.6. The maximum absolute atomic E-state index is 13.2. The van der Waals surface area contributed by atoms with Gasteiger partial charge in [0.1, 0.15) is 23.2 Å². The molecule has 5 aromatic rings. The fourth-order valence-electron chi connectivity index (χ4n) is 3.49. The molecule has 150 valence electrons. The second-order valence-corrected chi connectivity index (χ2v) is 7.93. The number of hydrogen-bond acceptors (Lipinski definition) is 7. The van der Waals surface area contributed by atoms with Gasteiger partial charge in [0.05, 0.1) is 5.52 Å². The number of amides is 1. The molecule has 0 spiro atoms. The first-order valence-electron chi connectivity index (χ1n) is 9.35. The van der Waals surface area contributed by atoms with Crippen LogP contribution in [-0.2, 0) is 0 Å². The van der Waals surface area contributed by atoms with Gasteiger partial charge in [-0.15, -0.1) is 11.3 Å². The molecule has 0 unspecified atom stereocenters. The van der Waals surface area contributed by atoms with Crippen molar-refractivity contribution >= 4 is 50.1 Å². The number of nitrogens with two attached hydrogens (primary N) is 1. The summed E-state index contributed by atoms with van der Waals surface area (Å²) < 4.78 is 3.60. The number of carbonyl (C=O) groups excluding carboxylic acids is 1. The van der Waals surface area contributed by atoms with Gasteiger partial charge < -0.3 is 5.73 Å². The maximum atomic E-state index is 13.2. The van der Waals surface area contributed by atoms with Gasteiger partial charge in [0.25, 0.3) is 5.91 Å². The summed E-state index contributed by atoms with van der Waals surface area (Å²) in [6, 6.07) is 9.62. The van der Waals surface area contributed by atoms with E-state index >= 15 is 0 Å². The van der Waals surface area contributed by atoms with Crippen LogP contribution in [0.2, 0.25) is 0 Å². The van der Waals surface area contributed by atoms with Crippen LogP contribution in [-0.4, -0.2) is 35.2 Å². The van der Waals surface area contributed by atoms with E-state index < -0.39 is 0 Å². The summed E-state index contributed by atoms with van der Waals surface area (Å²) in [6.45, 7) is 4.02. The summed E-state index contributed by atoms with van der Waals surface area (Å²) in [6.07, 6.45) is 3.07. The van der Waals surface area contributed by atoms with E-state index in [2.05, 4.69) is 20.3 Å². The highest BCUT2D eigenvalue weighted by Crippen LogP contribution is 2.32. The minimum absolute atomic E-state index is 0.0463. The number of carbonyl (C=O) groups is 1. The molecule has 0 aliphatic heterocycles. The number of anilines is 2. The van der Waals surface area contributed by atoms with Crippen molar-refractivity contribution in [1.29, 1.82) is 0 Å². The third-order valence-electron chi connectivity index (χ3n) is 4.80. The summed E-state index contributed by atoms with van der Waals surface area (Å²) >= 11 is 1.36. The minimum atomic E-state index is -0.288. The van der Waals surface area contributed by atoms with Crippen molar-refractivity contribution in [3.63, 3.8) is 0 Å². The number of thiazole rings is 1. The molecule has 1 amide bonds. The maximum Gasteiger partial charge on any atom is 0.274 e. The van der Waals surface area contributed by atoms with E-state index in [1.807, 2.05) is 44.2 Å². The van der Waals surface area contributed by atoms with E-state index in [9.17, 15) is 4.79 Å². The van der Waals surface area contributed by atoms with Crippen LogP contribution >= 0.6 is 11.3 Å². The van der Waals surface area contributed by atoms with Crippen molar-refractivity contribution < 1.29 is 4.79 Å². The lowest BCUT2D eigenvalue weighted by Crippen LogP contribution is -2.17. The second-order valence-electron chi connectivity index (χ2n) is 7.03. The Hall–Kier alpha value is -3.79. The number of hydrogen-bond donors (Lipinski definition) is 2. The molecule has 0 saturated heterocycles. The molecule has 0 atom stereocenters. The van der Waals surface area contributed by atoms with E-state index in [0.29, 0.717) is 33.5 Å². The number of benzene rings is 1. The Labute approximate surface area is 175 Å². The van der Waals surface area contributed by atoms with Crippen molar-refractivity contribution in [2.24, 2.45) is 0 Å². The molecule has 5 rings (SSSR count). The first-order chi connectivity index (χ1) is 14.5. The number of rotatable bonds is 4. The van der Waals surface area contributed by atoms with Crippen LogP contribution in [0.4, 0.5) is 10.9 Å². The first-order valence-corrected chi connectivity index (χ1v) is 10.2. The molecule has 30 heavy (non-hydrogen) atoms. The first kappa shape index (κ1) is 18.3. The molecule has 4 heterocycles. The van der Waals surface area contributed by atoms with Gasteiger partial charge in [0, 0.05) is 23.0 Å². The van der Waals surface area contributed by atoms with E-state index in [1.54, 1.807) is 20.8 Å². The Kier molecular flexibility index (Phi) is 4.21. The largest absolute Gasteiger partial charge is 0.383 e. The van der Waals surface area contributed by atoms with E-state index in [4.69, 9.17) is 10.8 Å². The SMILES string of the molecule is CC(C)n1nc(-n2c(C(=O)Nc3nccs3)cc3ccccc32)c2c(N)ncnc21. The summed E-state index contributed by atoms with van der Waals surface area (Å²) in [5.74, 6) is 0.539. The average molecular weight is 418 g/mol. The molecule has 0 saturated carbocycles. The predicted octanol–water partition coefficient (Wildman–Crippen LogP) is 3.64. The second kappa shape index (κ2) is 6.92. The highest BCUT2D eigenvalue weighted by Gasteiger charge is 2.24. The van der Waals surface area contributed by atoms with Crippen molar-refractivity contribution in [3.05, 3.63) is 53.9 Å². The smallest absolute Gasteiger partial charge is 0.274 e. The Bertz CT molecular complexity index is 1380. The van der Waals surface area contributed by atoms with Crippen LogP contribution in [0.25, 0.3) is 27.8 Å². The van der Waals surface area contributed by atoms with Crippen molar-refractivity contribution in [3.8, 4) is 5.82 Å². The standard InChI is InChI=1S/C20H18N8OS/c1-11(2)28-17-15(16(21)23-10-24-17)18(26-28)27-13-6-4-3-5-12(13)9-14(27)19(29)25-20-22-7-8-30-20/h3-11H,1-2H3,(H2,21,23,24)(H,22,25,29). The number of fused-ring (bicyclic) bond motifs is 2. The summed E-state index contributed by atoms with van der Waals surface area (Å²) in [4.78, 5) is 25.9. The molecule has 3 N–H and O–H groups in total. The predicted molar refractivity (Wildman–Crippen MR) is 117 cm³/mol. The Morgan fingerprint density at radius 1 is 1.20 bits per heavy atom. The van der Waals surface area contributed by atoms with Gasteiger partial charge in [-0.25, -0.2) is 19.6 Å². The van der Waals surface area contributed by atoms with Gasteiger partial charge >= 0.3 is 0 Å². The summed E-state index contributed by atoms with van der Waals surface area (Å²) in [5.41, 5.74) is 8.11. The van der Waals surface area contributed by atoms with Gasteiger partial charge in [-0.05, 0) is 26.0 Å². The Balaban J connectivity index is 1.80. The highest BCUT2D eigenvalue weighted by molar-refractivity contribution is 7.13. The van der Waals surface area contributed by atoms with Gasteiger partial charge in [-0.1, -0.05) is 18.2 Å². The van der Waals surface area contributed by atoms with Gasteiger partial charge in [-0.3, -0.25) is 14.7 Å². The Morgan fingerprint density at radius 3 is 2.80 bits per heavy atom. The molecule has 4 aromatic heterocycles. The lowest BCUT2D eigenvalue weighted by molar-refractivity contribution is 0.102. The highest BCUT2D eigenvalue weighted by atomic mass is 32.1. The molecular formula is C20H18N8OS. The molecule has 0 radical (unpaired) electrons. The molecule has 10 heteroatoms. The fourth-order valence-corrected chi connectivity index (χ4v) is 4.01. The molecule has 0 aliphatic carbocycles. The zero-order valence-electron chi connectivity index (χ0n) is 16.3. The monoisotopic (exact) mass is 418 g/mol. The van der Waals surface area contributed by atoms with Crippen LogP contribution in [0, 0.1) is 0 Å². The zero-order valence-corrected chi connectivity index (χ0v) is 17.1. The van der Waals surface area contributed by atoms with E-state index in [1.165, 1.54) is 17.7 Å². The van der Waals surface area contributed by atoms with Crippen LogP contribution in [0.5, 0.6) is 0 Å². The molecule has 0 aliphatic rings. The molecule has 1 aromatic carbocycles. The molecule has 0 fully saturated rings. The number of para-hydroxylation sites is 1. The fraction of sp³-hybridized carbons (Fsp3) is 0.150. The van der Waals surface area contributed by atoms with Gasteiger partial charge in [0.15, 0.2) is 16.6 Å². The van der Waals surface area contributed by atoms with Crippen LogP contribution < -0.4 is 11.1 Å². The minimum Gasteiger partial charge on any atom is -0.383 e. The average Bonchev–Trinajstić information content (AvgIpc) is 3.44. The summed E-state index contributed by atoms with van der Waals surface area (Å²) in [5, 5.41) is 11.5. The topological polar surface area (TPSA) is 117 Å². The third kappa shape index (κ3) is 2.80. The van der Waals surface area contributed by atoms with Crippen LogP contribution in [0.15, 0.2) is 48.2 Å². The van der Waals surface area contributed by atoms with Crippen molar-refractivity contribution in [2.75, 3.05) is 11.1 Å². The van der Waals surface area contributed by atoms with Gasteiger partial charge in [0.2, 0.25) is 0 Å². The van der Waals surface area contributed by atoms with Crippen molar-refractivity contribution in [2.45, 2.75) is 19.9 Å². The van der Waals surface area contributed by atoms with Crippen LogP contribution in [0.1, 0.15) is 30.4 Å². The van der Waals surface area contributed by atoms with Crippen molar-refractivity contribution in [1.82, 2.24) is 29.3 Å². The molecular weight excluding hydrogens is 400 g/mol. The number of aromatic nitrogens is 6. The quantitative estimate of drug-likeness (QED) is 0.460. The van der Waals surface area contributed by atoms with E-state index in [0.717, 1.165) is 10.9 Å². The molecule has 9 nitrogen and oxygen atoms in total. The number of nitrogens with one attached hydrogen (secondary N) is 1. The Morgan fingerprint density at radius 2 is 2.03 bits per heavy atom. The number of nitrogens with zero attached hydrogens (tertiary/aromatic N) is 6. The van der Waals surface area contributed by atoms with Gasteiger partial charge in [-0.2, -0.15) is 5.10 Å². The zero-order chi connectivity index (χ0) is 20.8. The van der Waals surface area contributed by atoms with Crippen LogP contribution in [0.3, 0.4) is 0 Å². The lowest BCUT2D eigenvalue weighted by Gasteiger charge is -2.09. The lowest BCUT2D eigenvalue weighted by atomic mass is 10.2. The summed E-state index contributed by atoms with van der Waals surface area (Å²) in [7, 11) is 0. The van der Waals surface area contributed by atoms with E-state index in [-0.39, 0.29) is 11.9 Å².